The fraction of sp³-hybridized carbons (Fsp3) is 0.500. The Balaban J connectivity index is 1.97. The summed E-state index contributed by atoms with van der Waals surface area (Å²) in [6.45, 7) is 6.60. The van der Waals surface area contributed by atoms with Gasteiger partial charge < -0.3 is 4.52 Å². The van der Waals surface area contributed by atoms with Crippen molar-refractivity contribution in [1.82, 2.24) is 15.1 Å². The number of rotatable bonds is 5. The highest BCUT2D eigenvalue weighted by Crippen LogP contribution is 2.30. The molecule has 0 aliphatic carbocycles. The van der Waals surface area contributed by atoms with E-state index in [1.165, 1.54) is 0 Å². The Morgan fingerprint density at radius 3 is 2.78 bits per heavy atom. The van der Waals surface area contributed by atoms with Gasteiger partial charge in [0.2, 0.25) is 0 Å². The fourth-order valence-electron chi connectivity index (χ4n) is 2.02. The summed E-state index contributed by atoms with van der Waals surface area (Å²) in [6.07, 6.45) is 7.15. The van der Waals surface area contributed by atoms with E-state index in [9.17, 15) is 0 Å². The van der Waals surface area contributed by atoms with Crippen LogP contribution in [0.3, 0.4) is 0 Å². The van der Waals surface area contributed by atoms with Gasteiger partial charge in [0.25, 0.3) is 0 Å². The average molecular weight is 245 g/mol. The number of nitrogens with zero attached hydrogens (tertiary/aromatic N) is 3. The summed E-state index contributed by atoms with van der Waals surface area (Å²) < 4.78 is 4.88. The lowest BCUT2D eigenvalue weighted by atomic mass is 9.81. The van der Waals surface area contributed by atoms with Crippen molar-refractivity contribution in [1.29, 1.82) is 0 Å². The molecule has 0 saturated heterocycles. The van der Waals surface area contributed by atoms with E-state index in [-0.39, 0.29) is 5.41 Å². The first-order valence-corrected chi connectivity index (χ1v) is 6.26. The smallest absolute Gasteiger partial charge is 0.124 e. The zero-order valence-electron chi connectivity index (χ0n) is 11.1. The van der Waals surface area contributed by atoms with Gasteiger partial charge in [-0.3, -0.25) is 0 Å². The van der Waals surface area contributed by atoms with E-state index < -0.39 is 0 Å². The quantitative estimate of drug-likeness (QED) is 0.810. The van der Waals surface area contributed by atoms with Crippen LogP contribution in [0.15, 0.2) is 35.4 Å². The van der Waals surface area contributed by atoms with Crippen molar-refractivity contribution in [3.05, 3.63) is 42.3 Å². The average Bonchev–Trinajstić information content (AvgIpc) is 2.91. The van der Waals surface area contributed by atoms with Crippen molar-refractivity contribution < 1.29 is 4.52 Å². The molecule has 1 atom stereocenters. The molecule has 0 spiro atoms. The first-order chi connectivity index (χ1) is 8.59. The molecule has 18 heavy (non-hydrogen) atoms. The monoisotopic (exact) mass is 245 g/mol. The highest BCUT2D eigenvalue weighted by atomic mass is 16.5. The molecule has 2 aromatic rings. The predicted octanol–water partition coefficient (Wildman–Crippen LogP) is 3.33. The molecule has 0 aliphatic rings. The maximum atomic E-state index is 4.88. The molecule has 4 nitrogen and oxygen atoms in total. The summed E-state index contributed by atoms with van der Waals surface area (Å²) in [5.74, 6) is 0.407. The molecule has 1 unspecified atom stereocenters. The molecular weight excluding hydrogens is 226 g/mol. The highest BCUT2D eigenvalue weighted by Gasteiger charge is 2.23. The molecule has 0 bridgehead atoms. The van der Waals surface area contributed by atoms with Crippen molar-refractivity contribution >= 4 is 0 Å². The second-order valence-electron chi connectivity index (χ2n) is 5.34. The number of aromatic nitrogens is 3. The maximum Gasteiger partial charge on any atom is 0.124 e. The minimum absolute atomic E-state index is 0.0565. The van der Waals surface area contributed by atoms with Gasteiger partial charge in [-0.05, 0) is 18.9 Å². The van der Waals surface area contributed by atoms with Gasteiger partial charge in [0, 0.05) is 29.3 Å². The Hall–Kier alpha value is -1.71. The Morgan fingerprint density at radius 2 is 2.17 bits per heavy atom. The molecule has 0 aromatic carbocycles. The van der Waals surface area contributed by atoms with Crippen LogP contribution in [0.5, 0.6) is 0 Å². The van der Waals surface area contributed by atoms with Crippen molar-refractivity contribution in [3.8, 4) is 0 Å². The third-order valence-corrected chi connectivity index (χ3v) is 3.44. The lowest BCUT2D eigenvalue weighted by Crippen LogP contribution is -2.19. The first kappa shape index (κ1) is 12.7. The molecule has 4 heteroatoms. The van der Waals surface area contributed by atoms with E-state index in [1.807, 2.05) is 12.1 Å². The molecule has 0 amide bonds. The summed E-state index contributed by atoms with van der Waals surface area (Å²) in [5.41, 5.74) is 2.17. The minimum atomic E-state index is 0.0565. The standard InChI is InChI=1S/C14H19N3O/c1-11(12-6-9-18-17-12)4-7-14(2,3)13-5-8-15-10-16-13/h5-6,8-11H,4,7H2,1-3H3. The first-order valence-electron chi connectivity index (χ1n) is 6.26. The molecule has 2 aromatic heterocycles. The SMILES string of the molecule is CC(CCC(C)(C)c1ccncn1)c1ccon1. The molecule has 0 saturated carbocycles. The zero-order chi connectivity index (χ0) is 13.0. The minimum Gasteiger partial charge on any atom is -0.365 e. The van der Waals surface area contributed by atoms with Gasteiger partial charge in [0.1, 0.15) is 12.6 Å². The van der Waals surface area contributed by atoms with Crippen molar-refractivity contribution in [2.75, 3.05) is 0 Å². The van der Waals surface area contributed by atoms with Crippen LogP contribution in [0.1, 0.15) is 50.9 Å². The van der Waals surface area contributed by atoms with Crippen LogP contribution in [0.4, 0.5) is 0 Å². The Labute approximate surface area is 107 Å². The molecule has 2 heterocycles. The molecular formula is C14H19N3O. The normalized spacial score (nSPS) is 13.5. The maximum absolute atomic E-state index is 4.88. The van der Waals surface area contributed by atoms with Crippen LogP contribution in [0.25, 0.3) is 0 Å². The van der Waals surface area contributed by atoms with Gasteiger partial charge in [-0.2, -0.15) is 0 Å². The summed E-state index contributed by atoms with van der Waals surface area (Å²) in [4.78, 5) is 8.31. The number of hydrogen-bond donors (Lipinski definition) is 0. The largest absolute Gasteiger partial charge is 0.365 e. The van der Waals surface area contributed by atoms with Gasteiger partial charge in [-0.1, -0.05) is 25.9 Å². The van der Waals surface area contributed by atoms with E-state index in [0.29, 0.717) is 5.92 Å². The van der Waals surface area contributed by atoms with Crippen LogP contribution in [0.2, 0.25) is 0 Å². The summed E-state index contributed by atoms with van der Waals surface area (Å²) in [7, 11) is 0. The fourth-order valence-corrected chi connectivity index (χ4v) is 2.02. The Kier molecular flexibility index (Phi) is 3.75. The molecule has 0 radical (unpaired) electrons. The summed E-state index contributed by atoms with van der Waals surface area (Å²) in [5, 5.41) is 3.99. The number of hydrogen-bond acceptors (Lipinski definition) is 4. The molecule has 2 rings (SSSR count). The Bertz CT molecular complexity index is 465. The van der Waals surface area contributed by atoms with Gasteiger partial charge in [0.15, 0.2) is 0 Å². The van der Waals surface area contributed by atoms with Gasteiger partial charge in [-0.25, -0.2) is 9.97 Å². The van der Waals surface area contributed by atoms with E-state index in [1.54, 1.807) is 18.8 Å². The second kappa shape index (κ2) is 5.29. The third-order valence-electron chi connectivity index (χ3n) is 3.44. The predicted molar refractivity (Wildman–Crippen MR) is 69.2 cm³/mol. The third kappa shape index (κ3) is 2.94. The summed E-state index contributed by atoms with van der Waals surface area (Å²) in [6, 6.07) is 3.92. The molecule has 0 fully saturated rings. The van der Waals surface area contributed by atoms with Crippen LogP contribution < -0.4 is 0 Å². The van der Waals surface area contributed by atoms with Crippen molar-refractivity contribution in [3.63, 3.8) is 0 Å². The highest BCUT2D eigenvalue weighted by molar-refractivity contribution is 5.12. The van der Waals surface area contributed by atoms with Crippen LogP contribution >= 0.6 is 0 Å². The van der Waals surface area contributed by atoms with Crippen LogP contribution in [0, 0.1) is 0 Å². The van der Waals surface area contributed by atoms with Crippen LogP contribution in [-0.4, -0.2) is 15.1 Å². The summed E-state index contributed by atoms with van der Waals surface area (Å²) >= 11 is 0. The molecule has 0 aliphatic heterocycles. The van der Waals surface area contributed by atoms with Crippen molar-refractivity contribution in [2.45, 2.75) is 44.9 Å². The van der Waals surface area contributed by atoms with Crippen molar-refractivity contribution in [2.24, 2.45) is 0 Å². The lowest BCUT2D eigenvalue weighted by molar-refractivity contribution is 0.390. The van der Waals surface area contributed by atoms with E-state index in [0.717, 1.165) is 24.2 Å². The van der Waals surface area contributed by atoms with Gasteiger partial charge in [-0.15, -0.1) is 0 Å². The van der Waals surface area contributed by atoms with Gasteiger partial charge in [0.05, 0.1) is 5.69 Å². The lowest BCUT2D eigenvalue weighted by Gasteiger charge is -2.24. The molecule has 96 valence electrons. The second-order valence-corrected chi connectivity index (χ2v) is 5.34. The Morgan fingerprint density at radius 1 is 1.33 bits per heavy atom. The van der Waals surface area contributed by atoms with E-state index in [2.05, 4.69) is 35.9 Å². The van der Waals surface area contributed by atoms with Gasteiger partial charge >= 0.3 is 0 Å². The van der Waals surface area contributed by atoms with E-state index in [4.69, 9.17) is 4.52 Å². The topological polar surface area (TPSA) is 51.8 Å². The van der Waals surface area contributed by atoms with Crippen LogP contribution in [-0.2, 0) is 5.41 Å². The zero-order valence-corrected chi connectivity index (χ0v) is 11.1. The van der Waals surface area contributed by atoms with E-state index >= 15 is 0 Å². The molecule has 0 N–H and O–H groups in total.